The third-order valence-electron chi connectivity index (χ3n) is 7.25. The third-order valence-corrected chi connectivity index (χ3v) is 7.25. The van der Waals surface area contributed by atoms with Crippen LogP contribution in [0.15, 0.2) is 16.9 Å². The highest BCUT2D eigenvalue weighted by Gasteiger charge is 2.45. The van der Waals surface area contributed by atoms with Gasteiger partial charge in [-0.15, -0.1) is 24.8 Å². The molecule has 4 aliphatic rings. The normalized spacial score (nSPS) is 28.9. The van der Waals surface area contributed by atoms with Crippen LogP contribution in [-0.2, 0) is 17.9 Å². The van der Waals surface area contributed by atoms with Crippen molar-refractivity contribution in [3.63, 3.8) is 0 Å². The molecule has 0 radical (unpaired) electrons. The molecular formula is C22H32Cl2F2N4O2. The van der Waals surface area contributed by atoms with E-state index in [1.165, 1.54) is 19.3 Å². The molecule has 0 saturated carbocycles. The molecule has 0 spiro atoms. The Morgan fingerprint density at radius 1 is 1.09 bits per heavy atom. The molecule has 3 saturated heterocycles. The van der Waals surface area contributed by atoms with Gasteiger partial charge in [0, 0.05) is 49.8 Å². The van der Waals surface area contributed by atoms with Crippen LogP contribution in [0, 0.1) is 5.92 Å². The SMILES string of the molecule is Cl.Cl.O=C([C@@H]1CC(F)(F)CN1)N1C[C@@H]2C[C@H](C1)c1ccc(CN3CCCCC3)c(=O)n1C2. The molecule has 5 rings (SSSR count). The number of likely N-dealkylation sites (tertiary alicyclic amines) is 2. The minimum Gasteiger partial charge on any atom is -0.340 e. The Morgan fingerprint density at radius 3 is 2.53 bits per heavy atom. The van der Waals surface area contributed by atoms with Crippen LogP contribution in [0.5, 0.6) is 0 Å². The average Bonchev–Trinajstić information content (AvgIpc) is 3.10. The molecular weight excluding hydrogens is 461 g/mol. The van der Waals surface area contributed by atoms with Gasteiger partial charge in [0.25, 0.3) is 11.5 Å². The van der Waals surface area contributed by atoms with Crippen LogP contribution >= 0.6 is 24.8 Å². The predicted molar refractivity (Wildman–Crippen MR) is 123 cm³/mol. The summed E-state index contributed by atoms with van der Waals surface area (Å²) in [6, 6.07) is 3.22. The van der Waals surface area contributed by atoms with E-state index in [9.17, 15) is 18.4 Å². The van der Waals surface area contributed by atoms with Crippen LogP contribution in [0.25, 0.3) is 0 Å². The predicted octanol–water partition coefficient (Wildman–Crippen LogP) is 2.62. The number of rotatable bonds is 3. The van der Waals surface area contributed by atoms with Crippen molar-refractivity contribution < 1.29 is 13.6 Å². The maximum Gasteiger partial charge on any atom is 0.262 e. The number of nitrogens with zero attached hydrogens (tertiary/aromatic N) is 3. The van der Waals surface area contributed by atoms with Crippen molar-refractivity contribution in [2.75, 3.05) is 32.7 Å². The van der Waals surface area contributed by atoms with E-state index in [0.29, 0.717) is 26.2 Å². The lowest BCUT2D eigenvalue weighted by atomic mass is 9.82. The molecule has 3 atom stereocenters. The maximum absolute atomic E-state index is 13.5. The molecule has 32 heavy (non-hydrogen) atoms. The van der Waals surface area contributed by atoms with Gasteiger partial charge in [0.05, 0.1) is 12.6 Å². The van der Waals surface area contributed by atoms with Gasteiger partial charge in [-0.05, 0) is 44.3 Å². The molecule has 1 aromatic rings. The van der Waals surface area contributed by atoms with Crippen LogP contribution in [0.2, 0.25) is 0 Å². The monoisotopic (exact) mass is 492 g/mol. The van der Waals surface area contributed by atoms with E-state index in [1.54, 1.807) is 4.90 Å². The summed E-state index contributed by atoms with van der Waals surface area (Å²) < 4.78 is 29.0. The number of amides is 1. The van der Waals surface area contributed by atoms with E-state index in [2.05, 4.69) is 16.3 Å². The molecule has 1 N–H and O–H groups in total. The highest BCUT2D eigenvalue weighted by atomic mass is 35.5. The Hall–Kier alpha value is -1.22. The zero-order valence-electron chi connectivity index (χ0n) is 18.1. The Bertz CT molecular complexity index is 891. The first-order valence-electron chi connectivity index (χ1n) is 11.2. The Labute approximate surface area is 199 Å². The van der Waals surface area contributed by atoms with Gasteiger partial charge < -0.3 is 9.47 Å². The Balaban J connectivity index is 0.00000144. The average molecular weight is 493 g/mol. The Morgan fingerprint density at radius 2 is 1.84 bits per heavy atom. The van der Waals surface area contributed by atoms with E-state index in [-0.39, 0.29) is 48.1 Å². The second-order valence-electron chi connectivity index (χ2n) is 9.57. The van der Waals surface area contributed by atoms with Crippen molar-refractivity contribution in [3.8, 4) is 0 Å². The van der Waals surface area contributed by atoms with Crippen LogP contribution in [-0.4, -0.2) is 65.0 Å². The summed E-state index contributed by atoms with van der Waals surface area (Å²) in [7, 11) is 0. The summed E-state index contributed by atoms with van der Waals surface area (Å²) in [6.45, 7) is 4.04. The molecule has 3 fully saturated rings. The van der Waals surface area contributed by atoms with Crippen molar-refractivity contribution in [2.24, 2.45) is 5.92 Å². The van der Waals surface area contributed by atoms with Crippen molar-refractivity contribution in [2.45, 2.75) is 63.1 Å². The quantitative estimate of drug-likeness (QED) is 0.704. The van der Waals surface area contributed by atoms with Gasteiger partial charge in [-0.3, -0.25) is 19.8 Å². The zero-order chi connectivity index (χ0) is 20.9. The number of alkyl halides is 2. The highest BCUT2D eigenvalue weighted by Crippen LogP contribution is 2.36. The lowest BCUT2D eigenvalue weighted by Gasteiger charge is -2.43. The van der Waals surface area contributed by atoms with E-state index < -0.39 is 24.9 Å². The fourth-order valence-corrected chi connectivity index (χ4v) is 5.76. The summed E-state index contributed by atoms with van der Waals surface area (Å²) >= 11 is 0. The van der Waals surface area contributed by atoms with Gasteiger partial charge >= 0.3 is 0 Å². The van der Waals surface area contributed by atoms with Gasteiger partial charge in [-0.1, -0.05) is 12.5 Å². The number of aromatic nitrogens is 1. The van der Waals surface area contributed by atoms with Gasteiger partial charge in [-0.25, -0.2) is 8.78 Å². The number of carbonyl (C=O) groups is 1. The molecule has 5 heterocycles. The summed E-state index contributed by atoms with van der Waals surface area (Å²) in [5.74, 6) is -2.74. The number of halogens is 4. The standard InChI is InChI=1S/C22H30F2N4O2.2ClH/c23-22(24)9-18(25-14-22)21(30)27-10-15-8-17(13-27)19-5-4-16(20(29)28(19)11-15)12-26-6-2-1-3-7-26;;/h4-5,15,17-18,25H,1-3,6-14H2;2*1H/t15-,17+,18-;;/m0../s1. The minimum absolute atomic E-state index is 0. The second kappa shape index (κ2) is 9.95. The first kappa shape index (κ1) is 25.4. The van der Waals surface area contributed by atoms with Crippen molar-refractivity contribution in [3.05, 3.63) is 33.7 Å². The first-order valence-corrected chi connectivity index (χ1v) is 11.2. The highest BCUT2D eigenvalue weighted by molar-refractivity contribution is 5.85. The van der Waals surface area contributed by atoms with E-state index in [4.69, 9.17) is 0 Å². The van der Waals surface area contributed by atoms with E-state index in [1.807, 2.05) is 10.6 Å². The summed E-state index contributed by atoms with van der Waals surface area (Å²) in [4.78, 5) is 30.1. The molecule has 180 valence electrons. The van der Waals surface area contributed by atoms with Gasteiger partial charge in [-0.2, -0.15) is 0 Å². The molecule has 2 bridgehead atoms. The lowest BCUT2D eigenvalue weighted by molar-refractivity contribution is -0.136. The molecule has 0 unspecified atom stereocenters. The van der Waals surface area contributed by atoms with Crippen molar-refractivity contribution >= 4 is 30.7 Å². The number of pyridine rings is 1. The van der Waals surface area contributed by atoms with Gasteiger partial charge in [0.2, 0.25) is 5.91 Å². The lowest BCUT2D eigenvalue weighted by Crippen LogP contribution is -2.53. The number of piperidine rings is 2. The zero-order valence-corrected chi connectivity index (χ0v) is 19.7. The number of fused-ring (bicyclic) bond motifs is 4. The van der Waals surface area contributed by atoms with Crippen LogP contribution < -0.4 is 10.9 Å². The van der Waals surface area contributed by atoms with Crippen LogP contribution in [0.4, 0.5) is 8.78 Å². The summed E-state index contributed by atoms with van der Waals surface area (Å²) in [6.07, 6.45) is 4.19. The smallest absolute Gasteiger partial charge is 0.262 e. The van der Waals surface area contributed by atoms with Crippen LogP contribution in [0.3, 0.4) is 0 Å². The van der Waals surface area contributed by atoms with E-state index in [0.717, 1.165) is 30.8 Å². The number of hydrogen-bond donors (Lipinski definition) is 1. The van der Waals surface area contributed by atoms with Crippen molar-refractivity contribution in [1.29, 1.82) is 0 Å². The topological polar surface area (TPSA) is 57.6 Å². The fraction of sp³-hybridized carbons (Fsp3) is 0.727. The fourth-order valence-electron chi connectivity index (χ4n) is 5.76. The summed E-state index contributed by atoms with van der Waals surface area (Å²) in [5, 5.41) is 2.68. The molecule has 6 nitrogen and oxygen atoms in total. The largest absolute Gasteiger partial charge is 0.340 e. The number of nitrogens with one attached hydrogen (secondary N) is 1. The first-order chi connectivity index (χ1) is 14.4. The molecule has 0 aliphatic carbocycles. The van der Waals surface area contributed by atoms with Gasteiger partial charge in [0.1, 0.15) is 0 Å². The second-order valence-corrected chi connectivity index (χ2v) is 9.57. The molecule has 1 aromatic heterocycles. The summed E-state index contributed by atoms with van der Waals surface area (Å²) in [5.41, 5.74) is 1.94. The van der Waals surface area contributed by atoms with Crippen molar-refractivity contribution in [1.82, 2.24) is 19.7 Å². The third kappa shape index (κ3) is 4.98. The van der Waals surface area contributed by atoms with Gasteiger partial charge in [0.15, 0.2) is 0 Å². The Kier molecular flexibility index (Phi) is 7.90. The molecule has 0 aromatic carbocycles. The molecule has 10 heteroatoms. The van der Waals surface area contributed by atoms with E-state index >= 15 is 0 Å². The number of hydrogen-bond acceptors (Lipinski definition) is 4. The molecule has 4 aliphatic heterocycles. The number of carbonyl (C=O) groups excluding carboxylic acids is 1. The molecule has 1 amide bonds. The van der Waals surface area contributed by atoms with Crippen LogP contribution in [0.1, 0.15) is 49.3 Å². The minimum atomic E-state index is -2.81. The maximum atomic E-state index is 13.5.